The molecule has 0 bridgehead atoms. The summed E-state index contributed by atoms with van der Waals surface area (Å²) in [7, 11) is 0. The van der Waals surface area contributed by atoms with Gasteiger partial charge in [0, 0.05) is 0 Å². The summed E-state index contributed by atoms with van der Waals surface area (Å²) in [6, 6.07) is 0. The molecule has 0 atom stereocenters. The van der Waals surface area contributed by atoms with Crippen molar-refractivity contribution in [1.82, 2.24) is 5.32 Å². The first-order valence-electron chi connectivity index (χ1n) is 5.62. The molecule has 0 aliphatic carbocycles. The second-order valence-corrected chi connectivity index (χ2v) is 3.51. The third-order valence-electron chi connectivity index (χ3n) is 2.16. The Morgan fingerprint density at radius 1 is 0.846 bits per heavy atom. The summed E-state index contributed by atoms with van der Waals surface area (Å²) in [4.78, 5) is 0. The lowest BCUT2D eigenvalue weighted by atomic mass is 10.2. The van der Waals surface area contributed by atoms with Crippen LogP contribution in [0.1, 0.15) is 44.9 Å². The average Bonchev–Trinajstić information content (AvgIpc) is 2.16. The quantitative estimate of drug-likeness (QED) is 0.512. The first-order valence-corrected chi connectivity index (χ1v) is 5.62. The van der Waals surface area contributed by atoms with E-state index in [1.54, 1.807) is 0 Å². The minimum absolute atomic E-state index is 0.844. The zero-order valence-electron chi connectivity index (χ0n) is 8.86. The molecule has 0 aromatic heterocycles. The van der Waals surface area contributed by atoms with Crippen LogP contribution in [-0.2, 0) is 0 Å². The van der Waals surface area contributed by atoms with Crippen molar-refractivity contribution in [3.63, 3.8) is 0 Å². The normalized spacial score (nSPS) is 10.6. The van der Waals surface area contributed by atoms with Crippen LogP contribution in [0, 0.1) is 6.92 Å². The first-order chi connectivity index (χ1) is 6.41. The zero-order valence-corrected chi connectivity index (χ0v) is 8.86. The van der Waals surface area contributed by atoms with Gasteiger partial charge >= 0.3 is 0 Å². The van der Waals surface area contributed by atoms with E-state index in [1.165, 1.54) is 45.1 Å². The van der Waals surface area contributed by atoms with Gasteiger partial charge in [-0.05, 0) is 38.9 Å². The van der Waals surface area contributed by atoms with Gasteiger partial charge in [0.1, 0.15) is 0 Å². The molecule has 2 heteroatoms. The van der Waals surface area contributed by atoms with Crippen molar-refractivity contribution in [2.75, 3.05) is 19.6 Å². The smallest absolute Gasteiger partial charge is 0.00489 e. The van der Waals surface area contributed by atoms with E-state index < -0.39 is 0 Å². The third kappa shape index (κ3) is 11.9. The van der Waals surface area contributed by atoms with Crippen LogP contribution in [0.2, 0.25) is 0 Å². The molecule has 0 aromatic carbocycles. The van der Waals surface area contributed by atoms with Gasteiger partial charge in [-0.1, -0.05) is 32.6 Å². The Morgan fingerprint density at radius 2 is 1.46 bits per heavy atom. The molecule has 2 nitrogen and oxygen atoms in total. The average molecular weight is 185 g/mol. The molecule has 3 N–H and O–H groups in total. The van der Waals surface area contributed by atoms with E-state index in [-0.39, 0.29) is 0 Å². The molecular formula is C11H25N2. The molecule has 0 aliphatic rings. The minimum Gasteiger partial charge on any atom is -0.330 e. The lowest BCUT2D eigenvalue weighted by Crippen LogP contribution is -2.16. The van der Waals surface area contributed by atoms with Crippen molar-refractivity contribution in [3.8, 4) is 0 Å². The summed E-state index contributed by atoms with van der Waals surface area (Å²) in [5, 5.41) is 3.44. The fourth-order valence-electron chi connectivity index (χ4n) is 1.30. The molecular weight excluding hydrogens is 160 g/mol. The summed E-state index contributed by atoms with van der Waals surface area (Å²) in [5.41, 5.74) is 5.40. The highest BCUT2D eigenvalue weighted by molar-refractivity contribution is 4.51. The van der Waals surface area contributed by atoms with E-state index in [0.717, 1.165) is 19.5 Å². The van der Waals surface area contributed by atoms with Crippen molar-refractivity contribution in [2.45, 2.75) is 44.9 Å². The number of nitrogens with two attached hydrogens (primary N) is 1. The summed E-state index contributed by atoms with van der Waals surface area (Å²) in [6.45, 7) is 6.99. The number of rotatable bonds is 10. The van der Waals surface area contributed by atoms with Crippen molar-refractivity contribution in [1.29, 1.82) is 0 Å². The Labute approximate surface area is 83.3 Å². The van der Waals surface area contributed by atoms with Crippen molar-refractivity contribution < 1.29 is 0 Å². The maximum Gasteiger partial charge on any atom is -0.00489 e. The van der Waals surface area contributed by atoms with Crippen LogP contribution in [-0.4, -0.2) is 19.6 Å². The second-order valence-electron chi connectivity index (χ2n) is 3.51. The van der Waals surface area contributed by atoms with Crippen LogP contribution in [0.4, 0.5) is 0 Å². The maximum absolute atomic E-state index is 5.40. The molecule has 0 amide bonds. The van der Waals surface area contributed by atoms with Gasteiger partial charge < -0.3 is 11.1 Å². The molecule has 0 aliphatic heterocycles. The SMILES string of the molecule is [CH2]CCCCNCCCCCCN. The Balaban J connectivity index is 2.76. The predicted molar refractivity (Wildman–Crippen MR) is 59.6 cm³/mol. The molecule has 0 rings (SSSR count). The highest BCUT2D eigenvalue weighted by Crippen LogP contribution is 1.97. The predicted octanol–water partition coefficient (Wildman–Crippen LogP) is 2.10. The molecule has 0 unspecified atom stereocenters. The summed E-state index contributed by atoms with van der Waals surface area (Å²) >= 11 is 0. The van der Waals surface area contributed by atoms with Crippen LogP contribution < -0.4 is 11.1 Å². The number of unbranched alkanes of at least 4 members (excludes halogenated alkanes) is 5. The number of nitrogens with one attached hydrogen (secondary N) is 1. The van der Waals surface area contributed by atoms with Crippen molar-refractivity contribution in [2.24, 2.45) is 5.73 Å². The van der Waals surface area contributed by atoms with E-state index in [4.69, 9.17) is 5.73 Å². The highest BCUT2D eigenvalue weighted by atomic mass is 14.8. The van der Waals surface area contributed by atoms with Gasteiger partial charge in [-0.15, -0.1) is 0 Å². The lowest BCUT2D eigenvalue weighted by molar-refractivity contribution is 0.571. The van der Waals surface area contributed by atoms with Crippen LogP contribution in [0.25, 0.3) is 0 Å². The van der Waals surface area contributed by atoms with Crippen LogP contribution >= 0.6 is 0 Å². The fraction of sp³-hybridized carbons (Fsp3) is 0.909. The van der Waals surface area contributed by atoms with Gasteiger partial charge in [-0.2, -0.15) is 0 Å². The maximum atomic E-state index is 5.40. The molecule has 0 aromatic rings. The molecule has 0 saturated carbocycles. The summed E-state index contributed by atoms with van der Waals surface area (Å²) in [6.07, 6.45) is 8.67. The summed E-state index contributed by atoms with van der Waals surface area (Å²) < 4.78 is 0. The molecule has 0 heterocycles. The number of hydrogen-bond acceptors (Lipinski definition) is 2. The lowest BCUT2D eigenvalue weighted by Gasteiger charge is -2.03. The van der Waals surface area contributed by atoms with E-state index in [2.05, 4.69) is 12.2 Å². The van der Waals surface area contributed by atoms with Gasteiger partial charge in [0.15, 0.2) is 0 Å². The van der Waals surface area contributed by atoms with Crippen molar-refractivity contribution in [3.05, 3.63) is 6.92 Å². The Morgan fingerprint density at radius 3 is 2.08 bits per heavy atom. The van der Waals surface area contributed by atoms with E-state index in [1.807, 2.05) is 0 Å². The number of hydrogen-bond donors (Lipinski definition) is 2. The molecule has 1 radical (unpaired) electrons. The topological polar surface area (TPSA) is 38.0 Å². The first kappa shape index (κ1) is 12.9. The monoisotopic (exact) mass is 185 g/mol. The van der Waals surface area contributed by atoms with Gasteiger partial charge in [-0.3, -0.25) is 0 Å². The third-order valence-corrected chi connectivity index (χ3v) is 2.16. The van der Waals surface area contributed by atoms with Crippen LogP contribution in [0.15, 0.2) is 0 Å². The van der Waals surface area contributed by atoms with Crippen LogP contribution in [0.5, 0.6) is 0 Å². The van der Waals surface area contributed by atoms with Crippen molar-refractivity contribution >= 4 is 0 Å². The van der Waals surface area contributed by atoms with E-state index in [0.29, 0.717) is 0 Å². The minimum atomic E-state index is 0.844. The Hall–Kier alpha value is -0.0800. The largest absolute Gasteiger partial charge is 0.330 e. The molecule has 0 fully saturated rings. The van der Waals surface area contributed by atoms with Gasteiger partial charge in [0.25, 0.3) is 0 Å². The van der Waals surface area contributed by atoms with Gasteiger partial charge in [-0.25, -0.2) is 0 Å². The molecule has 0 spiro atoms. The van der Waals surface area contributed by atoms with Gasteiger partial charge in [0.05, 0.1) is 0 Å². The molecule has 0 saturated heterocycles. The Bertz CT molecular complexity index is 74.2. The van der Waals surface area contributed by atoms with E-state index >= 15 is 0 Å². The Kier molecular flexibility index (Phi) is 11.8. The van der Waals surface area contributed by atoms with Gasteiger partial charge in [0.2, 0.25) is 0 Å². The summed E-state index contributed by atoms with van der Waals surface area (Å²) in [5.74, 6) is 0. The molecule has 13 heavy (non-hydrogen) atoms. The second kappa shape index (κ2) is 11.9. The zero-order chi connectivity index (χ0) is 9.78. The fourth-order valence-corrected chi connectivity index (χ4v) is 1.30. The highest BCUT2D eigenvalue weighted by Gasteiger charge is 1.89. The van der Waals surface area contributed by atoms with E-state index in [9.17, 15) is 0 Å². The standard InChI is InChI=1S/C11H25N2/c1-2-3-7-10-13-11-8-5-4-6-9-12/h13H,1-12H2. The van der Waals surface area contributed by atoms with Crippen LogP contribution in [0.3, 0.4) is 0 Å². The molecule has 79 valence electrons.